The highest BCUT2D eigenvalue weighted by atomic mass is 19.1. The average molecular weight is 519 g/mol. The Morgan fingerprint density at radius 3 is 2.47 bits per heavy atom. The van der Waals surface area contributed by atoms with Gasteiger partial charge in [-0.2, -0.15) is 0 Å². The van der Waals surface area contributed by atoms with Gasteiger partial charge in [0.25, 0.3) is 0 Å². The molecule has 0 atom stereocenters. The van der Waals surface area contributed by atoms with Crippen LogP contribution in [0.4, 0.5) is 4.39 Å². The summed E-state index contributed by atoms with van der Waals surface area (Å²) in [4.78, 5) is 14.1. The number of fused-ring (bicyclic) bond motifs is 1. The number of benzene rings is 2. The van der Waals surface area contributed by atoms with Gasteiger partial charge in [-0.3, -0.25) is 9.69 Å². The van der Waals surface area contributed by atoms with Crippen LogP contribution in [-0.4, -0.2) is 48.1 Å². The molecule has 0 saturated carbocycles. The standard InChI is InChI=1S/C19H18FNO.C13H21NO2/c1-12-13(2)21(11-16-6-4-5-7-18(16)20)19-9-8-15(14(3)22)10-17(12)19;1(2-5-13-6-4-10-16-13)3-7-14-8-11-15-12-9-14/h4-10H,11H2,1-3H3;4,6,10H,1-3,5,7-9,11-12H2. The Hall–Kier alpha value is -3.22. The molecule has 2 aromatic carbocycles. The summed E-state index contributed by atoms with van der Waals surface area (Å²) in [7, 11) is 0. The molecule has 3 heterocycles. The van der Waals surface area contributed by atoms with Crippen molar-refractivity contribution in [1.29, 1.82) is 0 Å². The minimum Gasteiger partial charge on any atom is -0.469 e. The van der Waals surface area contributed by atoms with Crippen LogP contribution >= 0.6 is 0 Å². The van der Waals surface area contributed by atoms with Crippen LogP contribution in [-0.2, 0) is 17.7 Å². The number of nitrogens with zero attached hydrogens (tertiary/aromatic N) is 2. The van der Waals surface area contributed by atoms with Gasteiger partial charge in [0.15, 0.2) is 5.78 Å². The highest BCUT2D eigenvalue weighted by Gasteiger charge is 2.14. The molecule has 0 spiro atoms. The Morgan fingerprint density at radius 1 is 0.974 bits per heavy atom. The largest absolute Gasteiger partial charge is 0.469 e. The van der Waals surface area contributed by atoms with Gasteiger partial charge in [-0.25, -0.2) is 4.39 Å². The zero-order valence-electron chi connectivity index (χ0n) is 22.8. The van der Waals surface area contributed by atoms with Gasteiger partial charge in [0.05, 0.1) is 26.0 Å². The number of carbonyl (C=O) groups excluding carboxylic acids is 1. The number of rotatable bonds is 9. The maximum atomic E-state index is 13.9. The van der Waals surface area contributed by atoms with Gasteiger partial charge < -0.3 is 13.7 Å². The van der Waals surface area contributed by atoms with E-state index in [9.17, 15) is 9.18 Å². The number of morpholine rings is 1. The van der Waals surface area contributed by atoms with E-state index in [-0.39, 0.29) is 11.6 Å². The molecule has 0 aliphatic carbocycles. The van der Waals surface area contributed by atoms with Gasteiger partial charge in [-0.1, -0.05) is 24.6 Å². The predicted molar refractivity (Wildman–Crippen MR) is 150 cm³/mol. The molecule has 5 nitrogen and oxygen atoms in total. The van der Waals surface area contributed by atoms with Crippen LogP contribution in [0.15, 0.2) is 65.3 Å². The highest BCUT2D eigenvalue weighted by Crippen LogP contribution is 2.27. The Morgan fingerprint density at radius 2 is 1.76 bits per heavy atom. The summed E-state index contributed by atoms with van der Waals surface area (Å²) in [6.45, 7) is 11.4. The molecular formula is C32H39FN2O3. The molecule has 5 rings (SSSR count). The van der Waals surface area contributed by atoms with Crippen molar-refractivity contribution in [3.05, 3.63) is 94.8 Å². The molecule has 0 N–H and O–H groups in total. The lowest BCUT2D eigenvalue weighted by molar-refractivity contribution is 0.0371. The smallest absolute Gasteiger partial charge is 0.159 e. The van der Waals surface area contributed by atoms with Gasteiger partial charge in [0.2, 0.25) is 0 Å². The topological polar surface area (TPSA) is 47.6 Å². The second-order valence-corrected chi connectivity index (χ2v) is 10.0. The SMILES string of the molecule is CC(=O)c1ccc2c(c1)c(C)c(C)n2Cc1ccccc1F.c1coc(CCCCCN2CCOCC2)c1. The first-order valence-electron chi connectivity index (χ1n) is 13.6. The number of unbranched alkanes of at least 4 members (excludes halogenated alkanes) is 2. The molecule has 0 amide bonds. The average Bonchev–Trinajstić information content (AvgIpc) is 3.53. The molecule has 1 aliphatic rings. The van der Waals surface area contributed by atoms with Crippen LogP contribution in [0.2, 0.25) is 0 Å². The van der Waals surface area contributed by atoms with E-state index < -0.39 is 0 Å². The summed E-state index contributed by atoms with van der Waals surface area (Å²) in [5.41, 5.74) is 4.63. The van der Waals surface area contributed by atoms with Crippen LogP contribution in [0.5, 0.6) is 0 Å². The number of ketones is 1. The van der Waals surface area contributed by atoms with Crippen molar-refractivity contribution in [1.82, 2.24) is 9.47 Å². The summed E-state index contributed by atoms with van der Waals surface area (Å²) >= 11 is 0. The van der Waals surface area contributed by atoms with E-state index in [0.717, 1.165) is 60.6 Å². The van der Waals surface area contributed by atoms with Crippen molar-refractivity contribution in [3.8, 4) is 0 Å². The van der Waals surface area contributed by atoms with Crippen LogP contribution in [0.3, 0.4) is 0 Å². The summed E-state index contributed by atoms with van der Waals surface area (Å²) in [5.74, 6) is 0.980. The minimum atomic E-state index is -0.193. The number of Topliss-reactive ketones (excluding diaryl/α,β-unsaturated/α-hetero) is 1. The molecular weight excluding hydrogens is 479 g/mol. The molecule has 1 aliphatic heterocycles. The molecule has 2 aromatic heterocycles. The van der Waals surface area contributed by atoms with Crippen molar-refractivity contribution in [2.75, 3.05) is 32.8 Å². The van der Waals surface area contributed by atoms with Gasteiger partial charge in [0, 0.05) is 47.2 Å². The van der Waals surface area contributed by atoms with E-state index in [0.29, 0.717) is 17.7 Å². The van der Waals surface area contributed by atoms with Crippen molar-refractivity contribution < 1.29 is 18.3 Å². The van der Waals surface area contributed by atoms with Gasteiger partial charge in [0.1, 0.15) is 11.6 Å². The lowest BCUT2D eigenvalue weighted by atomic mass is 10.1. The molecule has 1 fully saturated rings. The van der Waals surface area contributed by atoms with E-state index in [1.54, 1.807) is 25.3 Å². The Labute approximate surface area is 225 Å². The van der Waals surface area contributed by atoms with Crippen LogP contribution in [0, 0.1) is 19.7 Å². The second-order valence-electron chi connectivity index (χ2n) is 10.0. The van der Waals surface area contributed by atoms with Crippen LogP contribution in [0.25, 0.3) is 10.9 Å². The zero-order valence-corrected chi connectivity index (χ0v) is 22.8. The molecule has 38 heavy (non-hydrogen) atoms. The number of ether oxygens (including phenoxy) is 1. The van der Waals surface area contributed by atoms with Crippen molar-refractivity contribution in [2.24, 2.45) is 0 Å². The van der Waals surface area contributed by atoms with Crippen molar-refractivity contribution in [3.63, 3.8) is 0 Å². The third kappa shape index (κ3) is 7.21. The van der Waals surface area contributed by atoms with Crippen molar-refractivity contribution >= 4 is 16.7 Å². The maximum absolute atomic E-state index is 13.9. The summed E-state index contributed by atoms with van der Waals surface area (Å²) in [6.07, 6.45) is 6.65. The van der Waals surface area contributed by atoms with E-state index in [4.69, 9.17) is 9.15 Å². The normalized spacial score (nSPS) is 13.9. The van der Waals surface area contributed by atoms with E-state index in [1.807, 2.05) is 44.2 Å². The summed E-state index contributed by atoms with van der Waals surface area (Å²) in [6, 6.07) is 16.6. The van der Waals surface area contributed by atoms with E-state index in [1.165, 1.54) is 31.9 Å². The van der Waals surface area contributed by atoms with Gasteiger partial charge in [-0.15, -0.1) is 0 Å². The summed E-state index contributed by atoms with van der Waals surface area (Å²) in [5, 5.41) is 1.06. The zero-order chi connectivity index (χ0) is 26.9. The molecule has 0 radical (unpaired) electrons. The number of hydrogen-bond donors (Lipinski definition) is 0. The van der Waals surface area contributed by atoms with E-state index in [2.05, 4.69) is 15.5 Å². The molecule has 6 heteroatoms. The predicted octanol–water partition coefficient (Wildman–Crippen LogP) is 6.97. The molecule has 202 valence electrons. The first-order chi connectivity index (χ1) is 18.4. The fourth-order valence-corrected chi connectivity index (χ4v) is 4.96. The van der Waals surface area contributed by atoms with E-state index >= 15 is 0 Å². The highest BCUT2D eigenvalue weighted by molar-refractivity contribution is 5.99. The Bertz CT molecular complexity index is 1320. The number of halogens is 1. The number of aromatic nitrogens is 1. The van der Waals surface area contributed by atoms with Crippen LogP contribution in [0.1, 0.15) is 59.1 Å². The molecule has 1 saturated heterocycles. The lowest BCUT2D eigenvalue weighted by Gasteiger charge is -2.26. The summed E-state index contributed by atoms with van der Waals surface area (Å²) < 4.78 is 26.7. The second kappa shape index (κ2) is 13.5. The van der Waals surface area contributed by atoms with Gasteiger partial charge in [-0.05, 0) is 82.1 Å². The third-order valence-corrected chi connectivity index (χ3v) is 7.41. The number of carbonyl (C=O) groups is 1. The van der Waals surface area contributed by atoms with Gasteiger partial charge >= 0.3 is 0 Å². The molecule has 4 aromatic rings. The fraction of sp³-hybridized carbons (Fsp3) is 0.406. The fourth-order valence-electron chi connectivity index (χ4n) is 4.96. The molecule has 0 bridgehead atoms. The number of furan rings is 1. The van der Waals surface area contributed by atoms with Crippen molar-refractivity contribution in [2.45, 2.75) is 53.0 Å². The first-order valence-corrected chi connectivity index (χ1v) is 13.6. The third-order valence-electron chi connectivity index (χ3n) is 7.41. The Kier molecular flexibility index (Phi) is 9.91. The molecule has 0 unspecified atom stereocenters. The number of hydrogen-bond acceptors (Lipinski definition) is 4. The minimum absolute atomic E-state index is 0.0563. The Balaban J connectivity index is 0.000000186. The first kappa shape index (κ1) is 27.8. The quantitative estimate of drug-likeness (QED) is 0.177. The number of aryl methyl sites for hydroxylation is 2. The monoisotopic (exact) mass is 518 g/mol. The maximum Gasteiger partial charge on any atom is 0.159 e. The van der Waals surface area contributed by atoms with Crippen LogP contribution < -0.4 is 0 Å². The lowest BCUT2D eigenvalue weighted by Crippen LogP contribution is -2.36.